The second kappa shape index (κ2) is 11.4. The van der Waals surface area contributed by atoms with Crippen LogP contribution in [-0.4, -0.2) is 61.8 Å². The van der Waals surface area contributed by atoms with E-state index < -0.39 is 0 Å². The summed E-state index contributed by atoms with van der Waals surface area (Å²) in [6.45, 7) is 4.66. The van der Waals surface area contributed by atoms with Gasteiger partial charge in [0.1, 0.15) is 11.6 Å². The number of para-hydroxylation sites is 1. The van der Waals surface area contributed by atoms with Crippen LogP contribution >= 0.6 is 23.7 Å². The largest absolute Gasteiger partial charge is 0.493 e. The number of ether oxygens (including phenoxy) is 2. The third-order valence-corrected chi connectivity index (χ3v) is 5.98. The monoisotopic (exact) mass is 465 g/mol. The summed E-state index contributed by atoms with van der Waals surface area (Å²) in [5.74, 6) is 0.375. The van der Waals surface area contributed by atoms with Crippen LogP contribution in [0.15, 0.2) is 48.5 Å². The van der Waals surface area contributed by atoms with Gasteiger partial charge in [-0.25, -0.2) is 9.37 Å². The highest BCUT2D eigenvalue weighted by Crippen LogP contribution is 2.29. The SMILES string of the molecule is Cl.O=C(CCOc1ccccc1)N(CCN1CCOCC1)c1nc2ccc(F)cc2s1. The van der Waals surface area contributed by atoms with E-state index in [-0.39, 0.29) is 37.2 Å². The minimum absolute atomic E-state index is 0. The second-order valence-electron chi connectivity index (χ2n) is 7.02. The molecule has 1 fully saturated rings. The third-order valence-electron chi connectivity index (χ3n) is 4.94. The number of benzene rings is 2. The molecule has 9 heteroatoms. The number of fused-ring (bicyclic) bond motifs is 1. The fraction of sp³-hybridized carbons (Fsp3) is 0.364. The van der Waals surface area contributed by atoms with Gasteiger partial charge in [-0.15, -0.1) is 12.4 Å². The van der Waals surface area contributed by atoms with Gasteiger partial charge in [-0.2, -0.15) is 0 Å². The summed E-state index contributed by atoms with van der Waals surface area (Å²) >= 11 is 1.33. The molecular weight excluding hydrogens is 441 g/mol. The van der Waals surface area contributed by atoms with Crippen LogP contribution in [0.1, 0.15) is 6.42 Å². The van der Waals surface area contributed by atoms with Crippen molar-refractivity contribution in [3.05, 3.63) is 54.3 Å². The molecule has 1 aliphatic heterocycles. The number of halogens is 2. The lowest BCUT2D eigenvalue weighted by Gasteiger charge is -2.29. The molecule has 31 heavy (non-hydrogen) atoms. The predicted molar refractivity (Wildman–Crippen MR) is 123 cm³/mol. The van der Waals surface area contributed by atoms with Crippen molar-refractivity contribution in [3.63, 3.8) is 0 Å². The van der Waals surface area contributed by atoms with Crippen LogP contribution in [0.4, 0.5) is 9.52 Å². The number of hydrogen-bond donors (Lipinski definition) is 0. The van der Waals surface area contributed by atoms with E-state index in [1.165, 1.54) is 23.5 Å². The van der Waals surface area contributed by atoms with Crippen LogP contribution < -0.4 is 9.64 Å². The zero-order chi connectivity index (χ0) is 20.8. The highest BCUT2D eigenvalue weighted by atomic mass is 35.5. The highest BCUT2D eigenvalue weighted by molar-refractivity contribution is 7.22. The second-order valence-corrected chi connectivity index (χ2v) is 8.03. The standard InChI is InChI=1S/C22H24FN3O3S.ClH/c23-17-6-7-19-20(16-17)30-22(24-19)26(10-9-25-11-14-28-15-12-25)21(27)8-13-29-18-4-2-1-3-5-18;/h1-7,16H,8-15H2;1H. The minimum Gasteiger partial charge on any atom is -0.493 e. The number of amides is 1. The molecule has 4 rings (SSSR count). The molecule has 0 spiro atoms. The smallest absolute Gasteiger partial charge is 0.232 e. The Kier molecular flexibility index (Phi) is 8.60. The molecule has 2 aromatic carbocycles. The van der Waals surface area contributed by atoms with Crippen molar-refractivity contribution in [1.82, 2.24) is 9.88 Å². The Balaban J connectivity index is 0.00000272. The van der Waals surface area contributed by atoms with E-state index in [0.717, 1.165) is 30.1 Å². The van der Waals surface area contributed by atoms with Crippen molar-refractivity contribution < 1.29 is 18.7 Å². The van der Waals surface area contributed by atoms with Crippen molar-refractivity contribution in [1.29, 1.82) is 0 Å². The van der Waals surface area contributed by atoms with Gasteiger partial charge < -0.3 is 9.47 Å². The number of carbonyl (C=O) groups is 1. The van der Waals surface area contributed by atoms with Gasteiger partial charge in [-0.05, 0) is 30.3 Å². The summed E-state index contributed by atoms with van der Waals surface area (Å²) in [4.78, 5) is 21.6. The van der Waals surface area contributed by atoms with E-state index >= 15 is 0 Å². The van der Waals surface area contributed by atoms with Gasteiger partial charge in [0.05, 0.1) is 36.5 Å². The lowest BCUT2D eigenvalue weighted by atomic mass is 10.3. The first-order valence-corrected chi connectivity index (χ1v) is 10.8. The molecule has 1 aromatic heterocycles. The van der Waals surface area contributed by atoms with E-state index in [9.17, 15) is 9.18 Å². The van der Waals surface area contributed by atoms with Crippen molar-refractivity contribution in [2.24, 2.45) is 0 Å². The summed E-state index contributed by atoms with van der Waals surface area (Å²) in [7, 11) is 0. The molecule has 1 saturated heterocycles. The molecule has 0 saturated carbocycles. The Morgan fingerprint density at radius 2 is 1.97 bits per heavy atom. The van der Waals surface area contributed by atoms with Crippen LogP contribution in [-0.2, 0) is 9.53 Å². The lowest BCUT2D eigenvalue weighted by molar-refractivity contribution is -0.119. The maximum Gasteiger partial charge on any atom is 0.232 e. The van der Waals surface area contributed by atoms with E-state index in [0.29, 0.717) is 30.4 Å². The summed E-state index contributed by atoms with van der Waals surface area (Å²) in [6.07, 6.45) is 0.238. The zero-order valence-electron chi connectivity index (χ0n) is 17.0. The molecule has 1 amide bonds. The number of nitrogens with zero attached hydrogens (tertiary/aromatic N) is 3. The number of anilines is 1. The van der Waals surface area contributed by atoms with E-state index in [4.69, 9.17) is 9.47 Å². The molecule has 0 unspecified atom stereocenters. The normalized spacial score (nSPS) is 14.2. The average Bonchev–Trinajstić information content (AvgIpc) is 3.18. The Morgan fingerprint density at radius 3 is 2.74 bits per heavy atom. The fourth-order valence-electron chi connectivity index (χ4n) is 3.30. The summed E-state index contributed by atoms with van der Waals surface area (Å²) in [5, 5.41) is 0.591. The summed E-state index contributed by atoms with van der Waals surface area (Å²) in [6, 6.07) is 13.9. The number of aromatic nitrogens is 1. The van der Waals surface area contributed by atoms with Gasteiger partial charge in [0.2, 0.25) is 5.91 Å². The maximum absolute atomic E-state index is 13.6. The number of morpholine rings is 1. The molecule has 0 N–H and O–H groups in total. The predicted octanol–water partition coefficient (Wildman–Crippen LogP) is 3.99. The molecule has 0 atom stereocenters. The molecule has 166 valence electrons. The highest BCUT2D eigenvalue weighted by Gasteiger charge is 2.21. The van der Waals surface area contributed by atoms with Crippen molar-refractivity contribution in [2.75, 3.05) is 50.9 Å². The first-order valence-electron chi connectivity index (χ1n) is 10.0. The molecule has 0 radical (unpaired) electrons. The first kappa shape index (κ1) is 23.4. The van der Waals surface area contributed by atoms with E-state index in [1.54, 1.807) is 11.0 Å². The Morgan fingerprint density at radius 1 is 1.19 bits per heavy atom. The number of carbonyl (C=O) groups excluding carboxylic acids is 1. The molecule has 1 aliphatic rings. The minimum atomic E-state index is -0.305. The average molecular weight is 466 g/mol. The number of rotatable bonds is 8. The summed E-state index contributed by atoms with van der Waals surface area (Å²) in [5.41, 5.74) is 0.695. The Labute approximate surface area is 191 Å². The van der Waals surface area contributed by atoms with Crippen molar-refractivity contribution in [2.45, 2.75) is 6.42 Å². The molecule has 0 aliphatic carbocycles. The molecule has 2 heterocycles. The number of hydrogen-bond acceptors (Lipinski definition) is 6. The van der Waals surface area contributed by atoms with Gasteiger partial charge in [0.25, 0.3) is 0 Å². The first-order chi connectivity index (χ1) is 14.7. The molecule has 3 aromatic rings. The van der Waals surface area contributed by atoms with Crippen LogP contribution in [0.5, 0.6) is 5.75 Å². The van der Waals surface area contributed by atoms with Gasteiger partial charge in [0, 0.05) is 26.2 Å². The third kappa shape index (κ3) is 6.36. The van der Waals surface area contributed by atoms with Gasteiger partial charge in [-0.3, -0.25) is 14.6 Å². The van der Waals surface area contributed by atoms with Crippen LogP contribution in [0.3, 0.4) is 0 Å². The quantitative estimate of drug-likeness (QED) is 0.503. The Bertz CT molecular complexity index is 983. The lowest BCUT2D eigenvalue weighted by Crippen LogP contribution is -2.43. The summed E-state index contributed by atoms with van der Waals surface area (Å²) < 4.78 is 25.4. The topological polar surface area (TPSA) is 54.9 Å². The van der Waals surface area contributed by atoms with Crippen LogP contribution in [0, 0.1) is 5.82 Å². The Hall–Kier alpha value is -2.26. The van der Waals surface area contributed by atoms with E-state index in [1.807, 2.05) is 30.3 Å². The van der Waals surface area contributed by atoms with Crippen molar-refractivity contribution in [3.8, 4) is 5.75 Å². The van der Waals surface area contributed by atoms with Crippen molar-refractivity contribution >= 4 is 45.0 Å². The van der Waals surface area contributed by atoms with Crippen LogP contribution in [0.25, 0.3) is 10.2 Å². The number of thiazole rings is 1. The van der Waals surface area contributed by atoms with E-state index in [2.05, 4.69) is 9.88 Å². The van der Waals surface area contributed by atoms with Gasteiger partial charge >= 0.3 is 0 Å². The molecule has 0 bridgehead atoms. The van der Waals surface area contributed by atoms with Gasteiger partial charge in [-0.1, -0.05) is 29.5 Å². The fourth-order valence-corrected chi connectivity index (χ4v) is 4.34. The molecular formula is C22H25ClFN3O3S. The zero-order valence-corrected chi connectivity index (χ0v) is 18.7. The van der Waals surface area contributed by atoms with Crippen LogP contribution in [0.2, 0.25) is 0 Å². The maximum atomic E-state index is 13.6. The molecule has 6 nitrogen and oxygen atoms in total. The van der Waals surface area contributed by atoms with Gasteiger partial charge in [0.15, 0.2) is 5.13 Å².